The molecule has 1 heterocycles. The number of methoxy groups -OCH3 is 2. The highest BCUT2D eigenvalue weighted by molar-refractivity contribution is 6.32. The first kappa shape index (κ1) is 15.4. The Morgan fingerprint density at radius 3 is 2.48 bits per heavy atom. The number of hydrogen-bond acceptors (Lipinski definition) is 4. The number of benzene rings is 1. The van der Waals surface area contributed by atoms with Crippen molar-refractivity contribution in [2.24, 2.45) is 0 Å². The molecule has 1 N–H and O–H groups in total. The molecule has 0 saturated carbocycles. The van der Waals surface area contributed by atoms with Crippen LogP contribution in [0.3, 0.4) is 0 Å². The molecule has 1 aromatic heterocycles. The second-order valence-corrected chi connectivity index (χ2v) is 4.78. The van der Waals surface area contributed by atoms with Crippen molar-refractivity contribution in [1.82, 2.24) is 4.98 Å². The third-order valence-corrected chi connectivity index (χ3v) is 3.18. The minimum atomic E-state index is -0.417. The van der Waals surface area contributed by atoms with Crippen LogP contribution in [0.1, 0.15) is 10.5 Å². The number of carbonyl (C=O) groups excluding carboxylic acids is 1. The van der Waals surface area contributed by atoms with E-state index >= 15 is 0 Å². The molecule has 1 aromatic carbocycles. The Labute approximate surface area is 131 Å². The van der Waals surface area contributed by atoms with Gasteiger partial charge in [0.1, 0.15) is 22.3 Å². The van der Waals surface area contributed by atoms with Gasteiger partial charge in [-0.25, -0.2) is 4.98 Å². The monoisotopic (exact) mass is 326 g/mol. The van der Waals surface area contributed by atoms with Gasteiger partial charge in [-0.3, -0.25) is 4.79 Å². The number of nitrogens with zero attached hydrogens (tertiary/aromatic N) is 1. The summed E-state index contributed by atoms with van der Waals surface area (Å²) >= 11 is 11.8. The van der Waals surface area contributed by atoms with Crippen LogP contribution in [0.25, 0.3) is 0 Å². The molecule has 2 rings (SSSR count). The lowest BCUT2D eigenvalue weighted by Crippen LogP contribution is -2.14. The lowest BCUT2D eigenvalue weighted by Gasteiger charge is -2.13. The molecule has 2 aromatic rings. The first-order valence-electron chi connectivity index (χ1n) is 5.90. The third kappa shape index (κ3) is 3.56. The van der Waals surface area contributed by atoms with Gasteiger partial charge in [-0.15, -0.1) is 0 Å². The van der Waals surface area contributed by atoms with E-state index in [-0.39, 0.29) is 10.8 Å². The highest BCUT2D eigenvalue weighted by atomic mass is 35.5. The van der Waals surface area contributed by atoms with E-state index in [0.717, 1.165) is 0 Å². The van der Waals surface area contributed by atoms with Crippen LogP contribution in [0.5, 0.6) is 11.5 Å². The Hall–Kier alpha value is -1.98. The lowest BCUT2D eigenvalue weighted by atomic mass is 10.2. The summed E-state index contributed by atoms with van der Waals surface area (Å²) in [5.74, 6) is 0.420. The number of pyridine rings is 1. The molecule has 0 atom stereocenters. The Morgan fingerprint density at radius 1 is 1.14 bits per heavy atom. The molecular weight excluding hydrogens is 315 g/mol. The zero-order chi connectivity index (χ0) is 15.4. The third-order valence-electron chi connectivity index (χ3n) is 2.67. The van der Waals surface area contributed by atoms with Crippen LogP contribution in [-0.4, -0.2) is 25.1 Å². The van der Waals surface area contributed by atoms with Crippen LogP contribution in [0.2, 0.25) is 10.2 Å². The standard InChI is InChI=1S/C14H12Cl2N2O3/c1-20-11-7-10(12(21-2)6-8(11)15)18-14(19)9-4-3-5-13(16)17-9/h3-7H,1-2H3,(H,18,19). The van der Waals surface area contributed by atoms with Gasteiger partial charge in [-0.05, 0) is 12.1 Å². The fourth-order valence-corrected chi connectivity index (χ4v) is 2.07. The average Bonchev–Trinajstić information content (AvgIpc) is 2.48. The molecule has 0 aliphatic rings. The summed E-state index contributed by atoms with van der Waals surface area (Å²) < 4.78 is 10.3. The normalized spacial score (nSPS) is 10.1. The molecule has 0 radical (unpaired) electrons. The van der Waals surface area contributed by atoms with Gasteiger partial charge >= 0.3 is 0 Å². The van der Waals surface area contributed by atoms with Crippen LogP contribution in [0.15, 0.2) is 30.3 Å². The molecule has 110 valence electrons. The van der Waals surface area contributed by atoms with Gasteiger partial charge in [0.15, 0.2) is 0 Å². The summed E-state index contributed by atoms with van der Waals surface area (Å²) in [6.07, 6.45) is 0. The van der Waals surface area contributed by atoms with E-state index in [0.29, 0.717) is 22.2 Å². The van der Waals surface area contributed by atoms with Crippen LogP contribution in [0, 0.1) is 0 Å². The van der Waals surface area contributed by atoms with Crippen LogP contribution >= 0.6 is 23.2 Å². The van der Waals surface area contributed by atoms with Crippen molar-refractivity contribution < 1.29 is 14.3 Å². The molecule has 0 fully saturated rings. The largest absolute Gasteiger partial charge is 0.495 e. The summed E-state index contributed by atoms with van der Waals surface area (Å²) in [5.41, 5.74) is 0.615. The maximum Gasteiger partial charge on any atom is 0.274 e. The predicted molar refractivity (Wildman–Crippen MR) is 81.8 cm³/mol. The number of carbonyl (C=O) groups is 1. The predicted octanol–water partition coefficient (Wildman–Crippen LogP) is 3.66. The maximum absolute atomic E-state index is 12.2. The van der Waals surface area contributed by atoms with E-state index in [9.17, 15) is 4.79 Å². The molecule has 0 saturated heterocycles. The number of nitrogens with one attached hydrogen (secondary N) is 1. The smallest absolute Gasteiger partial charge is 0.274 e. The molecule has 0 aliphatic carbocycles. The summed E-state index contributed by atoms with van der Waals surface area (Å²) in [6.45, 7) is 0. The number of halogens is 2. The SMILES string of the molecule is COc1cc(NC(=O)c2cccc(Cl)n2)c(OC)cc1Cl. The van der Waals surface area contributed by atoms with Crippen molar-refractivity contribution in [3.05, 3.63) is 46.2 Å². The fourth-order valence-electron chi connectivity index (χ4n) is 1.68. The number of amides is 1. The number of aromatic nitrogens is 1. The van der Waals surface area contributed by atoms with Crippen molar-refractivity contribution in [2.45, 2.75) is 0 Å². The van der Waals surface area contributed by atoms with Crippen molar-refractivity contribution >= 4 is 34.8 Å². The van der Waals surface area contributed by atoms with E-state index in [1.165, 1.54) is 14.2 Å². The highest BCUT2D eigenvalue weighted by Crippen LogP contribution is 2.36. The van der Waals surface area contributed by atoms with Gasteiger partial charge < -0.3 is 14.8 Å². The van der Waals surface area contributed by atoms with E-state index in [4.69, 9.17) is 32.7 Å². The summed E-state index contributed by atoms with van der Waals surface area (Å²) in [7, 11) is 2.96. The number of hydrogen-bond donors (Lipinski definition) is 1. The number of rotatable bonds is 4. The van der Waals surface area contributed by atoms with Crippen molar-refractivity contribution in [2.75, 3.05) is 19.5 Å². The molecule has 5 nitrogen and oxygen atoms in total. The van der Waals surface area contributed by atoms with Gasteiger partial charge in [-0.2, -0.15) is 0 Å². The van der Waals surface area contributed by atoms with Gasteiger partial charge in [0.05, 0.1) is 24.9 Å². The van der Waals surface area contributed by atoms with Crippen molar-refractivity contribution in [3.8, 4) is 11.5 Å². The average molecular weight is 327 g/mol. The van der Waals surface area contributed by atoms with Crippen LogP contribution in [-0.2, 0) is 0 Å². The Bertz CT molecular complexity index is 677. The molecule has 1 amide bonds. The van der Waals surface area contributed by atoms with Gasteiger partial charge in [-0.1, -0.05) is 29.3 Å². The second-order valence-electron chi connectivity index (χ2n) is 3.99. The van der Waals surface area contributed by atoms with Gasteiger partial charge in [0.2, 0.25) is 0 Å². The molecule has 21 heavy (non-hydrogen) atoms. The minimum absolute atomic E-state index is 0.193. The molecule has 0 bridgehead atoms. The Balaban J connectivity index is 2.32. The van der Waals surface area contributed by atoms with Crippen LogP contribution < -0.4 is 14.8 Å². The highest BCUT2D eigenvalue weighted by Gasteiger charge is 2.14. The van der Waals surface area contributed by atoms with Crippen molar-refractivity contribution in [3.63, 3.8) is 0 Å². The topological polar surface area (TPSA) is 60.5 Å². The number of anilines is 1. The van der Waals surface area contributed by atoms with Crippen LogP contribution in [0.4, 0.5) is 5.69 Å². The van der Waals surface area contributed by atoms with Gasteiger partial charge in [0.25, 0.3) is 5.91 Å². The maximum atomic E-state index is 12.2. The first-order valence-corrected chi connectivity index (χ1v) is 6.66. The number of ether oxygens (including phenoxy) is 2. The first-order chi connectivity index (χ1) is 10.0. The Morgan fingerprint density at radius 2 is 1.86 bits per heavy atom. The van der Waals surface area contributed by atoms with E-state index in [2.05, 4.69) is 10.3 Å². The van der Waals surface area contributed by atoms with E-state index in [1.54, 1.807) is 30.3 Å². The van der Waals surface area contributed by atoms with E-state index in [1.807, 2.05) is 0 Å². The fraction of sp³-hybridized carbons (Fsp3) is 0.143. The summed E-state index contributed by atoms with van der Waals surface area (Å²) in [6, 6.07) is 7.92. The zero-order valence-electron chi connectivity index (χ0n) is 11.3. The molecule has 0 unspecified atom stereocenters. The summed E-state index contributed by atoms with van der Waals surface area (Å²) in [5, 5.41) is 3.30. The molecule has 0 aliphatic heterocycles. The quantitative estimate of drug-likeness (QED) is 0.871. The molecule has 0 spiro atoms. The molecule has 7 heteroatoms. The summed E-state index contributed by atoms with van der Waals surface area (Å²) in [4.78, 5) is 16.1. The minimum Gasteiger partial charge on any atom is -0.495 e. The van der Waals surface area contributed by atoms with Crippen molar-refractivity contribution in [1.29, 1.82) is 0 Å². The lowest BCUT2D eigenvalue weighted by molar-refractivity contribution is 0.102. The van der Waals surface area contributed by atoms with Gasteiger partial charge in [0, 0.05) is 12.1 Å². The zero-order valence-corrected chi connectivity index (χ0v) is 12.8. The van der Waals surface area contributed by atoms with E-state index < -0.39 is 5.91 Å². The molecular formula is C14H12Cl2N2O3. The Kier molecular flexibility index (Phi) is 4.88. The second kappa shape index (κ2) is 6.65.